The smallest absolute Gasteiger partial charge is 0.153 e. The third-order valence-corrected chi connectivity index (χ3v) is 2.30. The fraction of sp³-hybridized carbons (Fsp3) is 0.100. The van der Waals surface area contributed by atoms with Gasteiger partial charge in [0, 0.05) is 5.56 Å². The van der Waals surface area contributed by atoms with Crippen molar-refractivity contribution in [2.75, 3.05) is 0 Å². The van der Waals surface area contributed by atoms with E-state index in [-0.39, 0.29) is 17.6 Å². The average molecular weight is 227 g/mol. The maximum Gasteiger partial charge on any atom is 0.153 e. The van der Waals surface area contributed by atoms with Crippen LogP contribution in [0.3, 0.4) is 0 Å². The Balaban J connectivity index is 2.45. The van der Waals surface area contributed by atoms with Crippen LogP contribution in [-0.4, -0.2) is 15.1 Å². The molecule has 3 nitrogen and oxygen atoms in total. The van der Waals surface area contributed by atoms with Gasteiger partial charge in [-0.2, -0.15) is 0 Å². The summed E-state index contributed by atoms with van der Waals surface area (Å²) in [7, 11) is 0. The molecule has 0 saturated carbocycles. The Morgan fingerprint density at radius 1 is 1.47 bits per heavy atom. The van der Waals surface area contributed by atoms with Crippen LogP contribution in [0.15, 0.2) is 24.3 Å². The van der Waals surface area contributed by atoms with Gasteiger partial charge in [-0.15, -0.1) is 0 Å². The van der Waals surface area contributed by atoms with Crippen molar-refractivity contribution in [3.05, 3.63) is 40.9 Å². The van der Waals surface area contributed by atoms with E-state index in [0.717, 1.165) is 0 Å². The van der Waals surface area contributed by atoms with E-state index in [4.69, 9.17) is 16.7 Å². The summed E-state index contributed by atoms with van der Waals surface area (Å²) in [5.74, 6) is 0.106. The molecule has 0 bridgehead atoms. The largest absolute Gasteiger partial charge is 0.390 e. The highest BCUT2D eigenvalue weighted by Gasteiger charge is 2.08. The quantitative estimate of drug-likeness (QED) is 0.826. The first-order valence-corrected chi connectivity index (χ1v) is 4.69. The molecule has 1 heterocycles. The van der Waals surface area contributed by atoms with E-state index in [0.29, 0.717) is 17.1 Å². The fourth-order valence-electron chi connectivity index (χ4n) is 1.27. The van der Waals surface area contributed by atoms with Crippen LogP contribution in [0.5, 0.6) is 0 Å². The Morgan fingerprint density at radius 3 is 2.87 bits per heavy atom. The minimum atomic E-state index is -0.342. The normalized spacial score (nSPS) is 10.6. The van der Waals surface area contributed by atoms with Crippen LogP contribution in [0, 0.1) is 5.82 Å². The van der Waals surface area contributed by atoms with Crippen LogP contribution in [-0.2, 0) is 6.61 Å². The van der Waals surface area contributed by atoms with Crippen molar-refractivity contribution in [3.63, 3.8) is 0 Å². The number of rotatable bonds is 2. The number of nitrogens with zero attached hydrogens (tertiary/aromatic N) is 1. The molecule has 0 fully saturated rings. The first-order chi connectivity index (χ1) is 7.20. The lowest BCUT2D eigenvalue weighted by molar-refractivity contribution is 0.277. The molecule has 0 amide bonds. The average Bonchev–Trinajstić information content (AvgIpc) is 2.60. The SMILES string of the molecule is OCc1[nH]c(-c2cccc(F)c2)nc1Cl. The van der Waals surface area contributed by atoms with Gasteiger partial charge in [0.05, 0.1) is 12.3 Å². The van der Waals surface area contributed by atoms with Crippen molar-refractivity contribution < 1.29 is 9.50 Å². The number of hydrogen-bond donors (Lipinski definition) is 2. The summed E-state index contributed by atoms with van der Waals surface area (Å²) < 4.78 is 12.9. The zero-order valence-corrected chi connectivity index (χ0v) is 8.42. The number of imidazole rings is 1. The van der Waals surface area contributed by atoms with Crippen molar-refractivity contribution in [2.24, 2.45) is 0 Å². The van der Waals surface area contributed by atoms with Crippen LogP contribution in [0.1, 0.15) is 5.69 Å². The highest BCUT2D eigenvalue weighted by molar-refractivity contribution is 6.30. The molecule has 0 aliphatic carbocycles. The molecule has 0 atom stereocenters. The summed E-state index contributed by atoms with van der Waals surface area (Å²) in [4.78, 5) is 6.79. The molecule has 0 spiro atoms. The lowest BCUT2D eigenvalue weighted by Crippen LogP contribution is -1.84. The highest BCUT2D eigenvalue weighted by atomic mass is 35.5. The Hall–Kier alpha value is -1.39. The molecule has 0 saturated heterocycles. The van der Waals surface area contributed by atoms with E-state index < -0.39 is 0 Å². The molecule has 0 aliphatic rings. The molecular formula is C10H8ClFN2O. The fourth-order valence-corrected chi connectivity index (χ4v) is 1.46. The van der Waals surface area contributed by atoms with Gasteiger partial charge in [0.2, 0.25) is 0 Å². The van der Waals surface area contributed by atoms with Gasteiger partial charge in [-0.3, -0.25) is 0 Å². The predicted octanol–water partition coefficient (Wildman–Crippen LogP) is 2.36. The molecule has 2 rings (SSSR count). The Bertz CT molecular complexity index is 484. The molecule has 15 heavy (non-hydrogen) atoms. The molecule has 5 heteroatoms. The van der Waals surface area contributed by atoms with Gasteiger partial charge in [-0.1, -0.05) is 23.7 Å². The Morgan fingerprint density at radius 2 is 2.27 bits per heavy atom. The second kappa shape index (κ2) is 4.00. The van der Waals surface area contributed by atoms with Crippen LogP contribution >= 0.6 is 11.6 Å². The lowest BCUT2D eigenvalue weighted by atomic mass is 10.2. The van der Waals surface area contributed by atoms with Crippen LogP contribution in [0.4, 0.5) is 4.39 Å². The van der Waals surface area contributed by atoms with Crippen LogP contribution in [0.2, 0.25) is 5.15 Å². The number of benzene rings is 1. The molecular weight excluding hydrogens is 219 g/mol. The highest BCUT2D eigenvalue weighted by Crippen LogP contribution is 2.21. The number of aliphatic hydroxyl groups excluding tert-OH is 1. The molecule has 2 N–H and O–H groups in total. The summed E-state index contributed by atoms with van der Waals surface area (Å²) in [6.07, 6.45) is 0. The zero-order valence-electron chi connectivity index (χ0n) is 7.67. The summed E-state index contributed by atoms with van der Waals surface area (Å²) in [6.45, 7) is -0.221. The van der Waals surface area contributed by atoms with Gasteiger partial charge in [-0.05, 0) is 12.1 Å². The van der Waals surface area contributed by atoms with E-state index in [1.807, 2.05) is 0 Å². The first kappa shape index (κ1) is 10.1. The number of aliphatic hydroxyl groups is 1. The summed E-state index contributed by atoms with van der Waals surface area (Å²) in [5, 5.41) is 9.11. The maximum absolute atomic E-state index is 12.9. The van der Waals surface area contributed by atoms with Crippen molar-refractivity contribution in [3.8, 4) is 11.4 Å². The van der Waals surface area contributed by atoms with Crippen molar-refractivity contribution in [1.82, 2.24) is 9.97 Å². The van der Waals surface area contributed by atoms with Gasteiger partial charge in [0.15, 0.2) is 5.15 Å². The molecule has 1 aromatic heterocycles. The molecule has 0 unspecified atom stereocenters. The standard InChI is InChI=1S/C10H8ClFN2O/c11-9-8(5-15)13-10(14-9)6-2-1-3-7(12)4-6/h1-4,15H,5H2,(H,13,14). The molecule has 2 aromatic rings. The maximum atomic E-state index is 12.9. The van der Waals surface area contributed by atoms with Gasteiger partial charge in [-0.25, -0.2) is 9.37 Å². The molecule has 0 radical (unpaired) electrons. The third kappa shape index (κ3) is 2.00. The summed E-state index contributed by atoms with van der Waals surface area (Å²) in [6, 6.07) is 5.98. The molecule has 1 aromatic carbocycles. The van der Waals surface area contributed by atoms with Gasteiger partial charge in [0.1, 0.15) is 11.6 Å². The number of aromatic amines is 1. The van der Waals surface area contributed by atoms with E-state index in [1.54, 1.807) is 12.1 Å². The van der Waals surface area contributed by atoms with Crippen molar-refractivity contribution in [1.29, 1.82) is 0 Å². The first-order valence-electron chi connectivity index (χ1n) is 4.32. The third-order valence-electron chi connectivity index (χ3n) is 1.98. The van der Waals surface area contributed by atoms with E-state index in [1.165, 1.54) is 12.1 Å². The predicted molar refractivity (Wildman–Crippen MR) is 54.9 cm³/mol. The topological polar surface area (TPSA) is 48.9 Å². The zero-order chi connectivity index (χ0) is 10.8. The Labute approximate surface area is 90.5 Å². The van der Waals surface area contributed by atoms with Crippen molar-refractivity contribution >= 4 is 11.6 Å². The van der Waals surface area contributed by atoms with Gasteiger partial charge >= 0.3 is 0 Å². The number of aromatic nitrogens is 2. The minimum Gasteiger partial charge on any atom is -0.390 e. The van der Waals surface area contributed by atoms with Gasteiger partial charge in [0.25, 0.3) is 0 Å². The summed E-state index contributed by atoms with van der Waals surface area (Å²) in [5.41, 5.74) is 1.02. The second-order valence-corrected chi connectivity index (χ2v) is 3.38. The number of halogens is 2. The second-order valence-electron chi connectivity index (χ2n) is 3.02. The van der Waals surface area contributed by atoms with E-state index in [2.05, 4.69) is 9.97 Å². The molecule has 0 aliphatic heterocycles. The number of nitrogens with one attached hydrogen (secondary N) is 1. The number of H-pyrrole nitrogens is 1. The van der Waals surface area contributed by atoms with Crippen LogP contribution in [0.25, 0.3) is 11.4 Å². The lowest BCUT2D eigenvalue weighted by Gasteiger charge is -1.95. The minimum absolute atomic E-state index is 0.205. The van der Waals surface area contributed by atoms with Crippen LogP contribution < -0.4 is 0 Å². The van der Waals surface area contributed by atoms with Crippen molar-refractivity contribution in [2.45, 2.75) is 6.61 Å². The molecule has 78 valence electrons. The monoisotopic (exact) mass is 226 g/mol. The van der Waals surface area contributed by atoms with Gasteiger partial charge < -0.3 is 10.1 Å². The van der Waals surface area contributed by atoms with E-state index in [9.17, 15) is 4.39 Å². The summed E-state index contributed by atoms with van der Waals surface area (Å²) >= 11 is 5.74. The number of hydrogen-bond acceptors (Lipinski definition) is 2. The Kier molecular flexibility index (Phi) is 2.70. The van der Waals surface area contributed by atoms with E-state index >= 15 is 0 Å².